The van der Waals surface area contributed by atoms with Gasteiger partial charge >= 0.3 is 11.9 Å². The zero-order valence-corrected chi connectivity index (χ0v) is 20.8. The Morgan fingerprint density at radius 1 is 1.03 bits per heavy atom. The number of benzene rings is 2. The predicted molar refractivity (Wildman–Crippen MR) is 140 cm³/mol. The van der Waals surface area contributed by atoms with Gasteiger partial charge in [0.2, 0.25) is 0 Å². The molecule has 0 radical (unpaired) electrons. The van der Waals surface area contributed by atoms with Crippen LogP contribution in [0.4, 0.5) is 5.82 Å². The van der Waals surface area contributed by atoms with Crippen LogP contribution in [0.3, 0.4) is 0 Å². The zero-order valence-electron chi connectivity index (χ0n) is 20.8. The molecule has 0 aliphatic carbocycles. The van der Waals surface area contributed by atoms with Crippen molar-refractivity contribution in [3.8, 4) is 11.3 Å². The number of nitrogens with zero attached hydrogens (tertiary/aromatic N) is 2. The molecule has 1 atom stereocenters. The van der Waals surface area contributed by atoms with Gasteiger partial charge < -0.3 is 20.5 Å². The maximum Gasteiger partial charge on any atom is 0.325 e. The van der Waals surface area contributed by atoms with Crippen molar-refractivity contribution >= 4 is 29.3 Å². The highest BCUT2D eigenvalue weighted by molar-refractivity contribution is 5.96. The fourth-order valence-electron chi connectivity index (χ4n) is 4.04. The molecule has 0 bridgehead atoms. The summed E-state index contributed by atoms with van der Waals surface area (Å²) in [6.07, 6.45) is 1.44. The van der Waals surface area contributed by atoms with E-state index < -0.39 is 23.9 Å². The van der Waals surface area contributed by atoms with Crippen molar-refractivity contribution in [1.82, 2.24) is 14.7 Å². The molecule has 4 rings (SSSR count). The molecule has 2 heterocycles. The van der Waals surface area contributed by atoms with Crippen molar-refractivity contribution in [3.63, 3.8) is 0 Å². The fourth-order valence-corrected chi connectivity index (χ4v) is 4.04. The number of anilines is 1. The van der Waals surface area contributed by atoms with Crippen molar-refractivity contribution in [2.75, 3.05) is 19.0 Å². The number of rotatable bonds is 9. The molecular formula is C28H28N4O5. The lowest BCUT2D eigenvalue weighted by Crippen LogP contribution is -2.30. The number of imidazole rings is 1. The number of hydrogen-bond acceptors (Lipinski definition) is 6. The zero-order chi connectivity index (χ0) is 26.5. The fraction of sp³-hybridized carbons (Fsp3) is 0.214. The van der Waals surface area contributed by atoms with Crippen LogP contribution in [0, 0.1) is 13.8 Å². The summed E-state index contributed by atoms with van der Waals surface area (Å²) < 4.78 is 6.51. The minimum Gasteiger partial charge on any atom is -0.481 e. The number of amides is 1. The van der Waals surface area contributed by atoms with Crippen LogP contribution >= 0.6 is 0 Å². The van der Waals surface area contributed by atoms with Crippen LogP contribution in [0.15, 0.2) is 66.9 Å². The number of nitrogens with one attached hydrogen (secondary N) is 2. The summed E-state index contributed by atoms with van der Waals surface area (Å²) in [7, 11) is 1.32. The molecule has 2 aromatic carbocycles. The third-order valence-electron chi connectivity index (χ3n) is 5.97. The van der Waals surface area contributed by atoms with Crippen molar-refractivity contribution in [1.29, 1.82) is 0 Å². The lowest BCUT2D eigenvalue weighted by molar-refractivity contribution is -0.139. The number of methoxy groups -OCH3 is 1. The van der Waals surface area contributed by atoms with Gasteiger partial charge in [0, 0.05) is 17.3 Å². The average Bonchev–Trinajstić information content (AvgIpc) is 3.24. The molecule has 190 valence electrons. The number of aliphatic carboxylic acids is 1. The predicted octanol–water partition coefficient (Wildman–Crippen LogP) is 4.15. The first-order valence-electron chi connectivity index (χ1n) is 11.7. The van der Waals surface area contributed by atoms with Gasteiger partial charge in [-0.2, -0.15) is 0 Å². The maximum absolute atomic E-state index is 13.2. The van der Waals surface area contributed by atoms with E-state index in [1.54, 1.807) is 22.7 Å². The molecule has 2 aromatic heterocycles. The van der Waals surface area contributed by atoms with Gasteiger partial charge in [-0.05, 0) is 37.6 Å². The van der Waals surface area contributed by atoms with Crippen molar-refractivity contribution in [3.05, 3.63) is 89.1 Å². The second kappa shape index (κ2) is 10.9. The SMILES string of the molecule is COC(=O)CNc1c(-c2cccc(C)c2)nc2cc(C(=O)NC(CC(=O)O)c3ccc(C)cc3)ccn12. The van der Waals surface area contributed by atoms with E-state index in [4.69, 9.17) is 9.72 Å². The molecule has 4 aromatic rings. The second-order valence-corrected chi connectivity index (χ2v) is 8.79. The normalized spacial score (nSPS) is 11.6. The molecule has 0 fully saturated rings. The first kappa shape index (κ1) is 25.4. The van der Waals surface area contributed by atoms with Crippen LogP contribution in [0.5, 0.6) is 0 Å². The van der Waals surface area contributed by atoms with Gasteiger partial charge in [0.1, 0.15) is 23.7 Å². The van der Waals surface area contributed by atoms with Gasteiger partial charge in [-0.3, -0.25) is 18.8 Å². The summed E-state index contributed by atoms with van der Waals surface area (Å²) in [5, 5.41) is 15.3. The van der Waals surface area contributed by atoms with E-state index in [-0.39, 0.29) is 13.0 Å². The molecule has 37 heavy (non-hydrogen) atoms. The topological polar surface area (TPSA) is 122 Å². The van der Waals surface area contributed by atoms with Crippen LogP contribution in [0.1, 0.15) is 39.5 Å². The monoisotopic (exact) mass is 500 g/mol. The van der Waals surface area contributed by atoms with Crippen LogP contribution < -0.4 is 10.6 Å². The van der Waals surface area contributed by atoms with Gasteiger partial charge in [-0.25, -0.2) is 4.98 Å². The number of carboxylic acids is 1. The molecule has 0 aliphatic rings. The summed E-state index contributed by atoms with van der Waals surface area (Å²) in [5.41, 5.74) is 5.08. The van der Waals surface area contributed by atoms with E-state index in [0.29, 0.717) is 28.3 Å². The Bertz CT molecular complexity index is 1460. The highest BCUT2D eigenvalue weighted by atomic mass is 16.5. The number of carboxylic acid groups (broad SMARTS) is 1. The number of esters is 1. The number of carbonyl (C=O) groups is 3. The Morgan fingerprint density at radius 3 is 2.46 bits per heavy atom. The first-order valence-corrected chi connectivity index (χ1v) is 11.7. The van der Waals surface area contributed by atoms with Crippen LogP contribution in [0.25, 0.3) is 16.9 Å². The number of fused-ring (bicyclic) bond motifs is 1. The molecule has 3 N–H and O–H groups in total. The molecule has 1 amide bonds. The third kappa shape index (κ3) is 5.95. The highest BCUT2D eigenvalue weighted by Gasteiger charge is 2.21. The number of carbonyl (C=O) groups excluding carboxylic acids is 2. The lowest BCUT2D eigenvalue weighted by atomic mass is 10.0. The van der Waals surface area contributed by atoms with Crippen LogP contribution in [0.2, 0.25) is 0 Å². The molecule has 9 nitrogen and oxygen atoms in total. The Hall–Kier alpha value is -4.66. The van der Waals surface area contributed by atoms with Gasteiger partial charge in [0.25, 0.3) is 5.91 Å². The Kier molecular flexibility index (Phi) is 7.52. The van der Waals surface area contributed by atoms with E-state index in [0.717, 1.165) is 16.7 Å². The average molecular weight is 501 g/mol. The Balaban J connectivity index is 1.68. The molecule has 9 heteroatoms. The first-order chi connectivity index (χ1) is 17.7. The number of aryl methyl sites for hydroxylation is 2. The molecule has 0 saturated heterocycles. The summed E-state index contributed by atoms with van der Waals surface area (Å²) in [6.45, 7) is 3.86. The van der Waals surface area contributed by atoms with Crippen molar-refractivity contribution in [2.24, 2.45) is 0 Å². The lowest BCUT2D eigenvalue weighted by Gasteiger charge is -2.18. The van der Waals surface area contributed by atoms with Gasteiger partial charge in [0.05, 0.1) is 19.6 Å². The summed E-state index contributed by atoms with van der Waals surface area (Å²) in [5.74, 6) is -1.28. The number of ether oxygens (including phenoxy) is 1. The van der Waals surface area contributed by atoms with Gasteiger partial charge in [0.15, 0.2) is 0 Å². The molecule has 0 aliphatic heterocycles. The van der Waals surface area contributed by atoms with Gasteiger partial charge in [-0.1, -0.05) is 53.6 Å². The molecule has 0 spiro atoms. The summed E-state index contributed by atoms with van der Waals surface area (Å²) >= 11 is 0. The van der Waals surface area contributed by atoms with E-state index in [2.05, 4.69) is 10.6 Å². The van der Waals surface area contributed by atoms with E-state index in [1.165, 1.54) is 7.11 Å². The largest absolute Gasteiger partial charge is 0.481 e. The number of aromatic nitrogens is 2. The quantitative estimate of drug-likeness (QED) is 0.295. The summed E-state index contributed by atoms with van der Waals surface area (Å²) in [4.78, 5) is 41.2. The van der Waals surface area contributed by atoms with Crippen LogP contribution in [-0.2, 0) is 14.3 Å². The van der Waals surface area contributed by atoms with E-state index in [1.807, 2.05) is 62.4 Å². The van der Waals surface area contributed by atoms with Crippen molar-refractivity contribution < 1.29 is 24.2 Å². The molecule has 1 unspecified atom stereocenters. The third-order valence-corrected chi connectivity index (χ3v) is 5.97. The van der Waals surface area contributed by atoms with Crippen LogP contribution in [-0.4, -0.2) is 46.0 Å². The van der Waals surface area contributed by atoms with E-state index >= 15 is 0 Å². The minimum atomic E-state index is -1.02. The smallest absolute Gasteiger partial charge is 0.325 e. The minimum absolute atomic E-state index is 0.0568. The summed E-state index contributed by atoms with van der Waals surface area (Å²) in [6, 6.07) is 17.7. The Labute approximate surface area is 214 Å². The van der Waals surface area contributed by atoms with E-state index in [9.17, 15) is 19.5 Å². The molecular weight excluding hydrogens is 472 g/mol. The number of hydrogen-bond donors (Lipinski definition) is 3. The second-order valence-electron chi connectivity index (χ2n) is 8.79. The maximum atomic E-state index is 13.2. The highest BCUT2D eigenvalue weighted by Crippen LogP contribution is 2.30. The number of pyridine rings is 1. The van der Waals surface area contributed by atoms with Gasteiger partial charge in [-0.15, -0.1) is 0 Å². The Morgan fingerprint density at radius 2 is 1.78 bits per heavy atom. The molecule has 0 saturated carbocycles. The standard InChI is InChI=1S/C28H28N4O5/c1-17-7-9-19(10-8-17)22(15-24(33)34)30-28(36)21-11-12-32-23(14-21)31-26(20-6-4-5-18(2)13-20)27(32)29-16-25(35)37-3/h4-14,22,29H,15-16H2,1-3H3,(H,30,36)(H,33,34). The van der Waals surface area contributed by atoms with Crippen molar-refractivity contribution in [2.45, 2.75) is 26.3 Å².